The van der Waals surface area contributed by atoms with Crippen LogP contribution in [0.15, 0.2) is 36.0 Å². The molecule has 114 valence electrons. The average molecular weight is 306 g/mol. The molecule has 2 aromatic rings. The van der Waals surface area contributed by atoms with Crippen molar-refractivity contribution in [3.05, 3.63) is 31.0 Å². The van der Waals surface area contributed by atoms with E-state index in [4.69, 9.17) is 0 Å². The summed E-state index contributed by atoms with van der Waals surface area (Å²) in [5.74, 6) is 0. The minimum absolute atomic E-state index is 0.0295. The van der Waals surface area contributed by atoms with Crippen LogP contribution in [0.25, 0.3) is 11.0 Å². The van der Waals surface area contributed by atoms with Crippen LogP contribution in [0.4, 0.5) is 0 Å². The molecule has 0 aliphatic carbocycles. The molecular weight excluding hydrogens is 284 g/mol. The summed E-state index contributed by atoms with van der Waals surface area (Å²) in [7, 11) is -1.38. The third-order valence-electron chi connectivity index (χ3n) is 3.30. The van der Waals surface area contributed by atoms with E-state index in [1.54, 1.807) is 6.20 Å². The molecule has 0 bridgehead atoms. The van der Waals surface area contributed by atoms with Crippen LogP contribution in [0.3, 0.4) is 0 Å². The maximum Gasteiger partial charge on any atom is 0.182 e. The molecule has 0 aromatic carbocycles. The average Bonchev–Trinajstić information content (AvgIpc) is 2.80. The van der Waals surface area contributed by atoms with Crippen LogP contribution in [0.1, 0.15) is 34.1 Å². The number of hydrogen-bond donors (Lipinski definition) is 2. The van der Waals surface area contributed by atoms with Gasteiger partial charge in [0.15, 0.2) is 5.65 Å². The summed E-state index contributed by atoms with van der Waals surface area (Å²) in [6.07, 6.45) is 4.41. The highest BCUT2D eigenvalue weighted by Crippen LogP contribution is 2.29. The third-order valence-corrected chi connectivity index (χ3v) is 4.72. The first-order valence-corrected chi connectivity index (χ1v) is 8.01. The quantitative estimate of drug-likeness (QED) is 0.806. The first kappa shape index (κ1) is 15.9. The number of aromatic amines is 1. The number of fused-ring (bicyclic) bond motifs is 1. The van der Waals surface area contributed by atoms with Gasteiger partial charge in [-0.15, -0.1) is 6.58 Å². The largest absolute Gasteiger partial charge is 0.266 e. The van der Waals surface area contributed by atoms with Gasteiger partial charge in [-0.05, 0) is 37.8 Å². The predicted octanol–water partition coefficient (Wildman–Crippen LogP) is 2.95. The summed E-state index contributed by atoms with van der Waals surface area (Å²) >= 11 is 0. The second kappa shape index (κ2) is 5.69. The van der Waals surface area contributed by atoms with E-state index in [0.717, 1.165) is 11.8 Å². The molecule has 2 aromatic heterocycles. The molecule has 2 rings (SSSR count). The van der Waals surface area contributed by atoms with Crippen LogP contribution in [0.5, 0.6) is 0 Å². The highest BCUT2D eigenvalue weighted by atomic mass is 32.2. The Balaban J connectivity index is 2.19. The Morgan fingerprint density at radius 1 is 1.43 bits per heavy atom. The van der Waals surface area contributed by atoms with Crippen molar-refractivity contribution >= 4 is 22.0 Å². The predicted molar refractivity (Wildman–Crippen MR) is 86.1 cm³/mol. The van der Waals surface area contributed by atoms with Crippen LogP contribution in [-0.4, -0.2) is 24.9 Å². The number of pyridine rings is 1. The number of hydrogen-bond acceptors (Lipinski definition) is 3. The Morgan fingerprint density at radius 2 is 2.14 bits per heavy atom. The highest BCUT2D eigenvalue weighted by molar-refractivity contribution is 7.83. The van der Waals surface area contributed by atoms with Gasteiger partial charge >= 0.3 is 0 Å². The zero-order chi connectivity index (χ0) is 15.7. The number of allylic oxidation sites excluding steroid dienone is 1. The van der Waals surface area contributed by atoms with Crippen LogP contribution in [-0.2, 0) is 11.0 Å². The zero-order valence-corrected chi connectivity index (χ0v) is 13.8. The van der Waals surface area contributed by atoms with E-state index in [2.05, 4.69) is 40.3 Å². The summed E-state index contributed by atoms with van der Waals surface area (Å²) in [6.45, 7) is 12.2. The van der Waals surface area contributed by atoms with Crippen molar-refractivity contribution in [1.82, 2.24) is 19.9 Å². The van der Waals surface area contributed by atoms with Crippen molar-refractivity contribution in [3.8, 4) is 0 Å². The molecule has 21 heavy (non-hydrogen) atoms. The third kappa shape index (κ3) is 3.77. The van der Waals surface area contributed by atoms with E-state index in [0.29, 0.717) is 10.7 Å². The van der Waals surface area contributed by atoms with Crippen LogP contribution in [0.2, 0.25) is 0 Å². The number of rotatable bonds is 6. The summed E-state index contributed by atoms with van der Waals surface area (Å²) < 4.78 is 15.8. The molecule has 0 fully saturated rings. The lowest BCUT2D eigenvalue weighted by Gasteiger charge is -2.33. The fourth-order valence-corrected chi connectivity index (χ4v) is 3.68. The van der Waals surface area contributed by atoms with Gasteiger partial charge in [0, 0.05) is 11.7 Å². The molecule has 0 aliphatic rings. The van der Waals surface area contributed by atoms with Gasteiger partial charge in [0.2, 0.25) is 0 Å². The smallest absolute Gasteiger partial charge is 0.182 e. The molecule has 0 spiro atoms. The van der Waals surface area contributed by atoms with Crippen LogP contribution < -0.4 is 4.72 Å². The van der Waals surface area contributed by atoms with Gasteiger partial charge in [-0.1, -0.05) is 19.9 Å². The molecule has 0 amide bonds. The topological polar surface area (TPSA) is 70.7 Å². The van der Waals surface area contributed by atoms with Gasteiger partial charge in [-0.25, -0.2) is 13.9 Å². The fourth-order valence-electron chi connectivity index (χ4n) is 2.52. The molecular formula is C15H22N4OS. The lowest BCUT2D eigenvalue weighted by Crippen LogP contribution is -2.43. The van der Waals surface area contributed by atoms with Crippen LogP contribution in [0, 0.1) is 5.41 Å². The van der Waals surface area contributed by atoms with E-state index in [-0.39, 0.29) is 11.0 Å². The lowest BCUT2D eigenvalue weighted by molar-refractivity contribution is 0.305. The Kier molecular flexibility index (Phi) is 4.30. The lowest BCUT2D eigenvalue weighted by atomic mass is 9.81. The monoisotopic (exact) mass is 306 g/mol. The van der Waals surface area contributed by atoms with Crippen molar-refractivity contribution in [2.75, 3.05) is 0 Å². The van der Waals surface area contributed by atoms with Gasteiger partial charge in [0.25, 0.3) is 0 Å². The summed E-state index contributed by atoms with van der Waals surface area (Å²) in [6, 6.07) is 3.67. The van der Waals surface area contributed by atoms with Gasteiger partial charge in [0.1, 0.15) is 16.0 Å². The maximum absolute atomic E-state index is 12.6. The summed E-state index contributed by atoms with van der Waals surface area (Å²) in [5.41, 5.74) is 0.243. The van der Waals surface area contributed by atoms with E-state index in [1.807, 2.05) is 32.1 Å². The van der Waals surface area contributed by atoms with Gasteiger partial charge in [0.05, 0.1) is 5.39 Å². The normalized spacial score (nSPS) is 14.3. The molecule has 5 nitrogen and oxygen atoms in total. The Hall–Kier alpha value is -1.53. The Bertz CT molecular complexity index is 675. The second-order valence-corrected chi connectivity index (χ2v) is 7.70. The second-order valence-electron chi connectivity index (χ2n) is 6.55. The van der Waals surface area contributed by atoms with Crippen molar-refractivity contribution in [2.45, 2.75) is 44.7 Å². The Morgan fingerprint density at radius 3 is 2.81 bits per heavy atom. The van der Waals surface area contributed by atoms with Gasteiger partial charge in [-0.3, -0.25) is 5.10 Å². The van der Waals surface area contributed by atoms with Crippen molar-refractivity contribution in [2.24, 2.45) is 5.41 Å². The molecule has 0 saturated carbocycles. The van der Waals surface area contributed by atoms with E-state index < -0.39 is 11.0 Å². The van der Waals surface area contributed by atoms with E-state index in [1.165, 1.54) is 0 Å². The molecule has 2 heterocycles. The maximum atomic E-state index is 12.6. The first-order valence-electron chi connectivity index (χ1n) is 6.86. The number of aromatic nitrogens is 3. The van der Waals surface area contributed by atoms with E-state index >= 15 is 0 Å². The summed E-state index contributed by atoms with van der Waals surface area (Å²) in [5, 5.41) is 8.23. The van der Waals surface area contributed by atoms with Crippen molar-refractivity contribution < 1.29 is 4.21 Å². The van der Waals surface area contributed by atoms with Crippen molar-refractivity contribution in [3.63, 3.8) is 0 Å². The SMILES string of the molecule is C=CC(C)(C)CC(C)(C)NS(=O)c1[nH]nc2ncccc12. The standard InChI is InChI=1S/C15H22N4OS/c1-6-14(2,3)10-15(4,5)19-21(20)13-11-8-7-9-16-12(11)17-18-13/h6-9,19H,1,10H2,2-5H3,(H,16,17,18). The van der Waals surface area contributed by atoms with Gasteiger partial charge in [-0.2, -0.15) is 5.10 Å². The summed E-state index contributed by atoms with van der Waals surface area (Å²) in [4.78, 5) is 4.14. The first-order chi connectivity index (χ1) is 9.74. The molecule has 6 heteroatoms. The molecule has 0 aliphatic heterocycles. The number of nitrogens with zero attached hydrogens (tertiary/aromatic N) is 2. The van der Waals surface area contributed by atoms with Gasteiger partial charge < -0.3 is 0 Å². The van der Waals surface area contributed by atoms with E-state index in [9.17, 15) is 4.21 Å². The number of nitrogens with one attached hydrogen (secondary N) is 2. The fraction of sp³-hybridized carbons (Fsp3) is 0.467. The Labute approximate surface area is 127 Å². The number of H-pyrrole nitrogens is 1. The van der Waals surface area contributed by atoms with Crippen LogP contribution >= 0.6 is 0 Å². The van der Waals surface area contributed by atoms with Crippen molar-refractivity contribution in [1.29, 1.82) is 0 Å². The molecule has 1 unspecified atom stereocenters. The molecule has 1 atom stereocenters. The minimum atomic E-state index is -1.38. The highest BCUT2D eigenvalue weighted by Gasteiger charge is 2.29. The molecule has 2 N–H and O–H groups in total. The molecule has 0 saturated heterocycles. The molecule has 0 radical (unpaired) electrons. The minimum Gasteiger partial charge on any atom is -0.266 e. The zero-order valence-electron chi connectivity index (χ0n) is 12.9.